The van der Waals surface area contributed by atoms with Crippen molar-refractivity contribution in [3.05, 3.63) is 30.3 Å². The maximum absolute atomic E-state index is 9.61. The average Bonchev–Trinajstić information content (AvgIpc) is 2.41. The maximum Gasteiger partial charge on any atom is 0.0796 e. The summed E-state index contributed by atoms with van der Waals surface area (Å²) in [6.45, 7) is 4.44. The van der Waals surface area contributed by atoms with Gasteiger partial charge in [0.25, 0.3) is 0 Å². The largest absolute Gasteiger partial charge is 0.391 e. The summed E-state index contributed by atoms with van der Waals surface area (Å²) in [6.07, 6.45) is -0.294. The molecule has 0 bridgehead atoms. The van der Waals surface area contributed by atoms with Gasteiger partial charge in [-0.25, -0.2) is 0 Å². The minimum Gasteiger partial charge on any atom is -0.391 e. The Labute approximate surface area is 108 Å². The Morgan fingerprint density at radius 3 is 2.44 bits per heavy atom. The highest BCUT2D eigenvalue weighted by atomic mass is 16.3. The van der Waals surface area contributed by atoms with Gasteiger partial charge in [-0.05, 0) is 12.1 Å². The molecular weight excluding hydrogens is 226 g/mol. The smallest absolute Gasteiger partial charge is 0.0796 e. The SMILES string of the molecule is N#CCC(O)CN1CCN(c2ccccc2)CC1. The van der Waals surface area contributed by atoms with Gasteiger partial charge in [0.1, 0.15) is 0 Å². The van der Waals surface area contributed by atoms with Crippen molar-refractivity contribution in [2.75, 3.05) is 37.6 Å². The highest BCUT2D eigenvalue weighted by molar-refractivity contribution is 5.46. The van der Waals surface area contributed by atoms with Crippen molar-refractivity contribution in [3.8, 4) is 6.07 Å². The van der Waals surface area contributed by atoms with Gasteiger partial charge in [-0.2, -0.15) is 5.26 Å². The van der Waals surface area contributed by atoms with Crippen LogP contribution < -0.4 is 4.90 Å². The summed E-state index contributed by atoms with van der Waals surface area (Å²) in [4.78, 5) is 4.58. The standard InChI is InChI=1S/C14H19N3O/c15-7-6-14(18)12-16-8-10-17(11-9-16)13-4-2-1-3-5-13/h1-5,14,18H,6,8-12H2. The normalized spacial score (nSPS) is 18.3. The third kappa shape index (κ3) is 3.46. The molecule has 1 saturated heterocycles. The third-order valence-corrected chi connectivity index (χ3v) is 3.29. The van der Waals surface area contributed by atoms with Gasteiger partial charge in [-0.1, -0.05) is 18.2 Å². The van der Waals surface area contributed by atoms with Crippen molar-refractivity contribution < 1.29 is 5.11 Å². The summed E-state index contributed by atoms with van der Waals surface area (Å²) in [6, 6.07) is 12.4. The average molecular weight is 245 g/mol. The molecule has 4 heteroatoms. The van der Waals surface area contributed by atoms with Gasteiger partial charge in [0.2, 0.25) is 0 Å². The van der Waals surface area contributed by atoms with Crippen LogP contribution in [0, 0.1) is 11.3 Å². The Kier molecular flexibility index (Phi) is 4.57. The van der Waals surface area contributed by atoms with E-state index in [0.29, 0.717) is 6.54 Å². The molecule has 1 aromatic rings. The molecule has 1 N–H and O–H groups in total. The van der Waals surface area contributed by atoms with Crippen molar-refractivity contribution in [2.45, 2.75) is 12.5 Å². The molecule has 0 aliphatic carbocycles. The number of aliphatic hydroxyl groups excluding tert-OH is 1. The monoisotopic (exact) mass is 245 g/mol. The Balaban J connectivity index is 1.80. The predicted octanol–water partition coefficient (Wildman–Crippen LogP) is 1.08. The van der Waals surface area contributed by atoms with Crippen molar-refractivity contribution >= 4 is 5.69 Å². The number of rotatable bonds is 4. The minimum atomic E-state index is -0.515. The molecule has 0 saturated carbocycles. The van der Waals surface area contributed by atoms with Crippen LogP contribution in [0.3, 0.4) is 0 Å². The zero-order valence-corrected chi connectivity index (χ0v) is 10.5. The Morgan fingerprint density at radius 2 is 1.83 bits per heavy atom. The quantitative estimate of drug-likeness (QED) is 0.862. The summed E-state index contributed by atoms with van der Waals surface area (Å²) in [5.41, 5.74) is 1.26. The van der Waals surface area contributed by atoms with E-state index in [-0.39, 0.29) is 6.42 Å². The van der Waals surface area contributed by atoms with Crippen molar-refractivity contribution in [1.82, 2.24) is 4.90 Å². The van der Waals surface area contributed by atoms with Gasteiger partial charge >= 0.3 is 0 Å². The topological polar surface area (TPSA) is 50.5 Å². The van der Waals surface area contributed by atoms with E-state index in [1.165, 1.54) is 5.69 Å². The van der Waals surface area contributed by atoms with E-state index in [9.17, 15) is 5.11 Å². The molecule has 4 nitrogen and oxygen atoms in total. The molecule has 18 heavy (non-hydrogen) atoms. The Hall–Kier alpha value is -1.57. The lowest BCUT2D eigenvalue weighted by Gasteiger charge is -2.36. The third-order valence-electron chi connectivity index (χ3n) is 3.29. The molecule has 2 rings (SSSR count). The predicted molar refractivity (Wildman–Crippen MR) is 71.3 cm³/mol. The van der Waals surface area contributed by atoms with E-state index in [0.717, 1.165) is 26.2 Å². The molecule has 1 aliphatic heterocycles. The van der Waals surface area contributed by atoms with Crippen LogP contribution in [-0.2, 0) is 0 Å². The highest BCUT2D eigenvalue weighted by Gasteiger charge is 2.18. The number of benzene rings is 1. The zero-order chi connectivity index (χ0) is 12.8. The second-order valence-corrected chi connectivity index (χ2v) is 4.64. The van der Waals surface area contributed by atoms with Crippen LogP contribution in [0.5, 0.6) is 0 Å². The van der Waals surface area contributed by atoms with Crippen LogP contribution in [0.2, 0.25) is 0 Å². The fraction of sp³-hybridized carbons (Fsp3) is 0.500. The summed E-state index contributed by atoms with van der Waals surface area (Å²) < 4.78 is 0. The maximum atomic E-state index is 9.61. The highest BCUT2D eigenvalue weighted by Crippen LogP contribution is 2.15. The number of anilines is 1. The van der Waals surface area contributed by atoms with E-state index in [1.807, 2.05) is 12.1 Å². The zero-order valence-electron chi connectivity index (χ0n) is 10.5. The first-order valence-corrected chi connectivity index (χ1v) is 6.37. The molecular formula is C14H19N3O. The first-order chi connectivity index (χ1) is 8.79. The molecule has 96 valence electrons. The molecule has 1 atom stereocenters. The number of β-amino-alcohol motifs (C(OH)–C–C–N with tert-alkyl or cyclic N) is 1. The molecule has 1 fully saturated rings. The number of nitriles is 1. The van der Waals surface area contributed by atoms with Crippen molar-refractivity contribution in [3.63, 3.8) is 0 Å². The number of piperazine rings is 1. The van der Waals surface area contributed by atoms with Crippen LogP contribution in [0.15, 0.2) is 30.3 Å². The first kappa shape index (κ1) is 12.9. The second-order valence-electron chi connectivity index (χ2n) is 4.64. The van der Waals surface area contributed by atoms with Crippen LogP contribution in [0.25, 0.3) is 0 Å². The lowest BCUT2D eigenvalue weighted by atomic mass is 10.2. The molecule has 1 aliphatic rings. The van der Waals surface area contributed by atoms with Gasteiger partial charge in [0.05, 0.1) is 18.6 Å². The van der Waals surface area contributed by atoms with Crippen LogP contribution in [0.4, 0.5) is 5.69 Å². The van der Waals surface area contributed by atoms with Gasteiger partial charge in [0.15, 0.2) is 0 Å². The molecule has 0 radical (unpaired) electrons. The molecule has 0 spiro atoms. The summed E-state index contributed by atoms with van der Waals surface area (Å²) in [5.74, 6) is 0. The summed E-state index contributed by atoms with van der Waals surface area (Å²) >= 11 is 0. The summed E-state index contributed by atoms with van der Waals surface area (Å²) in [7, 11) is 0. The number of aliphatic hydroxyl groups is 1. The van der Waals surface area contributed by atoms with E-state index < -0.39 is 6.10 Å². The van der Waals surface area contributed by atoms with Crippen LogP contribution in [-0.4, -0.2) is 48.8 Å². The van der Waals surface area contributed by atoms with Crippen LogP contribution in [0.1, 0.15) is 6.42 Å². The van der Waals surface area contributed by atoms with Crippen molar-refractivity contribution in [2.24, 2.45) is 0 Å². The molecule has 0 amide bonds. The fourth-order valence-electron chi connectivity index (χ4n) is 2.30. The van der Waals surface area contributed by atoms with E-state index >= 15 is 0 Å². The van der Waals surface area contributed by atoms with Gasteiger partial charge in [0, 0.05) is 38.4 Å². The lowest BCUT2D eigenvalue weighted by molar-refractivity contribution is 0.112. The minimum absolute atomic E-state index is 0.221. The van der Waals surface area contributed by atoms with Gasteiger partial charge in [-0.15, -0.1) is 0 Å². The van der Waals surface area contributed by atoms with Gasteiger partial charge < -0.3 is 10.0 Å². The Morgan fingerprint density at radius 1 is 1.17 bits per heavy atom. The molecule has 1 heterocycles. The number of para-hydroxylation sites is 1. The van der Waals surface area contributed by atoms with E-state index in [4.69, 9.17) is 5.26 Å². The molecule has 0 aromatic heterocycles. The molecule has 1 unspecified atom stereocenters. The summed E-state index contributed by atoms with van der Waals surface area (Å²) in [5, 5.41) is 18.1. The Bertz CT molecular complexity index is 393. The number of nitrogens with zero attached hydrogens (tertiary/aromatic N) is 3. The molecule has 1 aromatic carbocycles. The van der Waals surface area contributed by atoms with Crippen LogP contribution >= 0.6 is 0 Å². The first-order valence-electron chi connectivity index (χ1n) is 6.37. The van der Waals surface area contributed by atoms with Gasteiger partial charge in [-0.3, -0.25) is 4.90 Å². The second kappa shape index (κ2) is 6.39. The number of hydrogen-bond donors (Lipinski definition) is 1. The van der Waals surface area contributed by atoms with Crippen molar-refractivity contribution in [1.29, 1.82) is 5.26 Å². The van der Waals surface area contributed by atoms with E-state index in [1.54, 1.807) is 0 Å². The van der Waals surface area contributed by atoms with E-state index in [2.05, 4.69) is 34.1 Å². The lowest BCUT2D eigenvalue weighted by Crippen LogP contribution is -2.48. The number of hydrogen-bond acceptors (Lipinski definition) is 4. The fourth-order valence-corrected chi connectivity index (χ4v) is 2.30.